The molecule has 2 aromatic rings. The largest absolute Gasteiger partial charge is 0.364 e. The third-order valence-electron chi connectivity index (χ3n) is 2.36. The van der Waals surface area contributed by atoms with E-state index >= 15 is 0 Å². The zero-order chi connectivity index (χ0) is 12.1. The standard InChI is InChI=1S/C11H16N6/c1-3-12-11-13-6-5-10(16-11)14-8-9-4-7-15-17(9)2/h4-7H,3,8H2,1-2H3,(H2,12,13,14,16). The smallest absolute Gasteiger partial charge is 0.224 e. The Morgan fingerprint density at radius 2 is 2.12 bits per heavy atom. The molecule has 0 unspecified atom stereocenters. The molecule has 0 atom stereocenters. The van der Waals surface area contributed by atoms with E-state index in [1.165, 1.54) is 0 Å². The molecule has 6 nitrogen and oxygen atoms in total. The molecule has 2 N–H and O–H groups in total. The molecular weight excluding hydrogens is 216 g/mol. The van der Waals surface area contributed by atoms with E-state index in [0.29, 0.717) is 12.5 Å². The van der Waals surface area contributed by atoms with Gasteiger partial charge in [-0.15, -0.1) is 0 Å². The van der Waals surface area contributed by atoms with Crippen LogP contribution in [0, 0.1) is 0 Å². The van der Waals surface area contributed by atoms with Crippen molar-refractivity contribution in [1.29, 1.82) is 0 Å². The van der Waals surface area contributed by atoms with Crippen molar-refractivity contribution < 1.29 is 0 Å². The molecule has 0 aliphatic heterocycles. The van der Waals surface area contributed by atoms with Gasteiger partial charge in [-0.3, -0.25) is 4.68 Å². The monoisotopic (exact) mass is 232 g/mol. The molecule has 0 aliphatic carbocycles. The number of aryl methyl sites for hydroxylation is 1. The Morgan fingerprint density at radius 3 is 2.82 bits per heavy atom. The number of hydrogen-bond donors (Lipinski definition) is 2. The fourth-order valence-corrected chi connectivity index (χ4v) is 1.46. The Labute approximate surface area is 100 Å². The number of rotatable bonds is 5. The minimum atomic E-state index is 0.641. The number of nitrogens with zero attached hydrogens (tertiary/aromatic N) is 4. The van der Waals surface area contributed by atoms with Crippen molar-refractivity contribution in [2.75, 3.05) is 17.2 Å². The number of anilines is 2. The molecule has 2 rings (SSSR count). The first kappa shape index (κ1) is 11.4. The van der Waals surface area contributed by atoms with Crippen molar-refractivity contribution >= 4 is 11.8 Å². The molecule has 0 bridgehead atoms. The van der Waals surface area contributed by atoms with Crippen LogP contribution in [0.3, 0.4) is 0 Å². The van der Waals surface area contributed by atoms with Gasteiger partial charge < -0.3 is 10.6 Å². The fraction of sp³-hybridized carbons (Fsp3) is 0.364. The van der Waals surface area contributed by atoms with Crippen molar-refractivity contribution in [3.8, 4) is 0 Å². The van der Waals surface area contributed by atoms with Gasteiger partial charge in [-0.1, -0.05) is 0 Å². The van der Waals surface area contributed by atoms with Crippen LogP contribution in [0.5, 0.6) is 0 Å². The summed E-state index contributed by atoms with van der Waals surface area (Å²) in [7, 11) is 1.92. The zero-order valence-corrected chi connectivity index (χ0v) is 10.0. The summed E-state index contributed by atoms with van der Waals surface area (Å²) in [4.78, 5) is 8.44. The van der Waals surface area contributed by atoms with Crippen molar-refractivity contribution in [2.24, 2.45) is 7.05 Å². The predicted octanol–water partition coefficient (Wildman–Crippen LogP) is 1.25. The highest BCUT2D eigenvalue weighted by Crippen LogP contribution is 2.07. The van der Waals surface area contributed by atoms with Gasteiger partial charge in [0, 0.05) is 26.0 Å². The van der Waals surface area contributed by atoms with Crippen LogP contribution in [0.2, 0.25) is 0 Å². The molecule has 6 heteroatoms. The van der Waals surface area contributed by atoms with Gasteiger partial charge in [0.2, 0.25) is 5.95 Å². The maximum atomic E-state index is 4.33. The topological polar surface area (TPSA) is 67.7 Å². The summed E-state index contributed by atoms with van der Waals surface area (Å²) in [6.45, 7) is 3.52. The molecule has 17 heavy (non-hydrogen) atoms. The van der Waals surface area contributed by atoms with Gasteiger partial charge in [-0.25, -0.2) is 4.98 Å². The highest BCUT2D eigenvalue weighted by molar-refractivity contribution is 5.39. The van der Waals surface area contributed by atoms with Gasteiger partial charge in [0.05, 0.1) is 12.2 Å². The minimum Gasteiger partial charge on any atom is -0.364 e. The SMILES string of the molecule is CCNc1nccc(NCc2ccnn2C)n1. The van der Waals surface area contributed by atoms with Crippen molar-refractivity contribution in [3.63, 3.8) is 0 Å². The van der Waals surface area contributed by atoms with E-state index < -0.39 is 0 Å². The molecule has 0 amide bonds. The Bertz CT molecular complexity index is 478. The molecule has 2 heterocycles. The molecular formula is C11H16N6. The van der Waals surface area contributed by atoms with E-state index in [4.69, 9.17) is 0 Å². The van der Waals surface area contributed by atoms with Crippen LogP contribution in [0.15, 0.2) is 24.5 Å². The van der Waals surface area contributed by atoms with Gasteiger partial charge in [0.25, 0.3) is 0 Å². The van der Waals surface area contributed by atoms with E-state index in [-0.39, 0.29) is 0 Å². The van der Waals surface area contributed by atoms with Crippen molar-refractivity contribution in [2.45, 2.75) is 13.5 Å². The van der Waals surface area contributed by atoms with E-state index in [1.54, 1.807) is 12.4 Å². The van der Waals surface area contributed by atoms with E-state index in [2.05, 4.69) is 25.7 Å². The summed E-state index contributed by atoms with van der Waals surface area (Å²) in [5.74, 6) is 1.44. The number of hydrogen-bond acceptors (Lipinski definition) is 5. The highest BCUT2D eigenvalue weighted by Gasteiger charge is 2.00. The lowest BCUT2D eigenvalue weighted by Crippen LogP contribution is -2.08. The third kappa shape index (κ3) is 2.93. The van der Waals surface area contributed by atoms with Crippen molar-refractivity contribution in [1.82, 2.24) is 19.7 Å². The second-order valence-corrected chi connectivity index (χ2v) is 3.60. The fourth-order valence-electron chi connectivity index (χ4n) is 1.46. The molecule has 0 aromatic carbocycles. The quantitative estimate of drug-likeness (QED) is 0.812. The maximum absolute atomic E-state index is 4.33. The molecule has 2 aromatic heterocycles. The first-order valence-electron chi connectivity index (χ1n) is 5.57. The minimum absolute atomic E-state index is 0.641. The van der Waals surface area contributed by atoms with Crippen LogP contribution in [-0.2, 0) is 13.6 Å². The molecule has 90 valence electrons. The van der Waals surface area contributed by atoms with Gasteiger partial charge >= 0.3 is 0 Å². The number of aromatic nitrogens is 4. The molecule has 0 fully saturated rings. The summed E-state index contributed by atoms with van der Waals surface area (Å²) in [6, 6.07) is 3.82. The molecule has 0 radical (unpaired) electrons. The van der Waals surface area contributed by atoms with E-state index in [1.807, 2.05) is 30.8 Å². The van der Waals surface area contributed by atoms with Crippen LogP contribution in [0.4, 0.5) is 11.8 Å². The van der Waals surface area contributed by atoms with Crippen molar-refractivity contribution in [3.05, 3.63) is 30.2 Å². The summed E-state index contributed by atoms with van der Waals surface area (Å²) < 4.78 is 1.83. The molecule has 0 spiro atoms. The van der Waals surface area contributed by atoms with Crippen LogP contribution in [-0.4, -0.2) is 26.3 Å². The molecule has 0 saturated carbocycles. The first-order valence-corrected chi connectivity index (χ1v) is 5.57. The van der Waals surface area contributed by atoms with Crippen LogP contribution >= 0.6 is 0 Å². The Kier molecular flexibility index (Phi) is 3.54. The van der Waals surface area contributed by atoms with E-state index in [0.717, 1.165) is 18.1 Å². The summed E-state index contributed by atoms with van der Waals surface area (Å²) >= 11 is 0. The van der Waals surface area contributed by atoms with Gasteiger partial charge in [0.1, 0.15) is 5.82 Å². The summed E-state index contributed by atoms with van der Waals surface area (Å²) in [5.41, 5.74) is 1.11. The maximum Gasteiger partial charge on any atom is 0.224 e. The van der Waals surface area contributed by atoms with Crippen LogP contribution < -0.4 is 10.6 Å². The Morgan fingerprint density at radius 1 is 1.24 bits per heavy atom. The lowest BCUT2D eigenvalue weighted by Gasteiger charge is -2.07. The lowest BCUT2D eigenvalue weighted by molar-refractivity contribution is 0.720. The average Bonchev–Trinajstić information content (AvgIpc) is 2.73. The lowest BCUT2D eigenvalue weighted by atomic mass is 10.4. The number of nitrogens with one attached hydrogen (secondary N) is 2. The second-order valence-electron chi connectivity index (χ2n) is 3.60. The Hall–Kier alpha value is -2.11. The zero-order valence-electron chi connectivity index (χ0n) is 10.0. The predicted molar refractivity (Wildman–Crippen MR) is 66.7 cm³/mol. The highest BCUT2D eigenvalue weighted by atomic mass is 15.3. The van der Waals surface area contributed by atoms with E-state index in [9.17, 15) is 0 Å². The van der Waals surface area contributed by atoms with Gasteiger partial charge in [-0.2, -0.15) is 10.1 Å². The average molecular weight is 232 g/mol. The van der Waals surface area contributed by atoms with Gasteiger partial charge in [-0.05, 0) is 19.1 Å². The van der Waals surface area contributed by atoms with Gasteiger partial charge in [0.15, 0.2) is 0 Å². The van der Waals surface area contributed by atoms with Crippen LogP contribution in [0.25, 0.3) is 0 Å². The molecule has 0 aliphatic rings. The first-order chi connectivity index (χ1) is 8.29. The van der Waals surface area contributed by atoms with Crippen LogP contribution in [0.1, 0.15) is 12.6 Å². The third-order valence-corrected chi connectivity index (χ3v) is 2.36. The molecule has 0 saturated heterocycles. The Balaban J connectivity index is 1.99. The summed E-state index contributed by atoms with van der Waals surface area (Å²) in [6.07, 6.45) is 3.51. The summed E-state index contributed by atoms with van der Waals surface area (Å²) in [5, 5.41) is 10.4. The normalized spacial score (nSPS) is 10.2. The second kappa shape index (κ2) is 5.29.